The SMILES string of the molecule is CC(C)(C)c1ccc(C(=O)C(=O)NC2CCN(C(=O)C3CCCCC3)CC2)cc1. The zero-order valence-electron chi connectivity index (χ0n) is 18.0. The first kappa shape index (κ1) is 21.5. The standard InChI is InChI=1S/C24H34N2O3/c1-24(2,3)19-11-9-17(10-12-19)21(27)22(28)25-20-13-15-26(16-14-20)23(29)18-7-5-4-6-8-18/h9-12,18,20H,4-8,13-16H2,1-3H3,(H,25,28). The maximum atomic E-state index is 12.7. The fourth-order valence-electron chi connectivity index (χ4n) is 4.36. The molecule has 158 valence electrons. The maximum Gasteiger partial charge on any atom is 0.292 e. The topological polar surface area (TPSA) is 66.5 Å². The van der Waals surface area contributed by atoms with Crippen LogP contribution in [0.3, 0.4) is 0 Å². The minimum Gasteiger partial charge on any atom is -0.346 e. The predicted molar refractivity (Wildman–Crippen MR) is 114 cm³/mol. The number of ketones is 1. The van der Waals surface area contributed by atoms with Crippen LogP contribution in [-0.2, 0) is 15.0 Å². The number of nitrogens with zero attached hydrogens (tertiary/aromatic N) is 1. The summed E-state index contributed by atoms with van der Waals surface area (Å²) in [6.07, 6.45) is 6.99. The van der Waals surface area contributed by atoms with E-state index in [2.05, 4.69) is 26.1 Å². The maximum absolute atomic E-state index is 12.7. The molecule has 0 aromatic heterocycles. The van der Waals surface area contributed by atoms with Gasteiger partial charge in [-0.1, -0.05) is 64.3 Å². The van der Waals surface area contributed by atoms with Crippen LogP contribution in [0.2, 0.25) is 0 Å². The van der Waals surface area contributed by atoms with Gasteiger partial charge >= 0.3 is 0 Å². The first-order valence-corrected chi connectivity index (χ1v) is 11.0. The third-order valence-electron chi connectivity index (χ3n) is 6.32. The van der Waals surface area contributed by atoms with E-state index in [1.807, 2.05) is 17.0 Å². The Labute approximate surface area is 174 Å². The van der Waals surface area contributed by atoms with Gasteiger partial charge in [-0.2, -0.15) is 0 Å². The van der Waals surface area contributed by atoms with Gasteiger partial charge in [0.2, 0.25) is 11.7 Å². The molecule has 0 radical (unpaired) electrons. The number of carbonyl (C=O) groups is 3. The van der Waals surface area contributed by atoms with E-state index < -0.39 is 11.7 Å². The number of carbonyl (C=O) groups excluding carboxylic acids is 3. The number of Topliss-reactive ketones (excluding diaryl/α,β-unsaturated/α-hetero) is 1. The van der Waals surface area contributed by atoms with E-state index in [4.69, 9.17) is 0 Å². The first-order chi connectivity index (χ1) is 13.8. The monoisotopic (exact) mass is 398 g/mol. The molecule has 2 amide bonds. The molecule has 5 heteroatoms. The molecule has 1 aliphatic carbocycles. The molecule has 2 aliphatic rings. The van der Waals surface area contributed by atoms with E-state index in [0.29, 0.717) is 31.5 Å². The zero-order chi connectivity index (χ0) is 21.0. The minimum atomic E-state index is -0.550. The Hall–Kier alpha value is -2.17. The Balaban J connectivity index is 1.49. The number of nitrogens with one attached hydrogen (secondary N) is 1. The Morgan fingerprint density at radius 1 is 0.897 bits per heavy atom. The Kier molecular flexibility index (Phi) is 6.76. The highest BCUT2D eigenvalue weighted by atomic mass is 16.2. The molecule has 29 heavy (non-hydrogen) atoms. The van der Waals surface area contributed by atoms with Gasteiger partial charge in [0, 0.05) is 30.6 Å². The van der Waals surface area contributed by atoms with Crippen LogP contribution in [0.5, 0.6) is 0 Å². The lowest BCUT2D eigenvalue weighted by molar-refractivity contribution is -0.137. The number of piperidine rings is 1. The summed E-state index contributed by atoms with van der Waals surface area (Å²) in [7, 11) is 0. The number of hydrogen-bond donors (Lipinski definition) is 1. The Bertz CT molecular complexity index is 734. The largest absolute Gasteiger partial charge is 0.346 e. The second-order valence-electron chi connectivity index (χ2n) is 9.56. The van der Waals surface area contributed by atoms with Gasteiger partial charge in [0.25, 0.3) is 5.91 Å². The van der Waals surface area contributed by atoms with Crippen molar-refractivity contribution in [2.75, 3.05) is 13.1 Å². The highest BCUT2D eigenvalue weighted by molar-refractivity contribution is 6.42. The summed E-state index contributed by atoms with van der Waals surface area (Å²) in [5.41, 5.74) is 1.55. The third-order valence-corrected chi connectivity index (χ3v) is 6.32. The number of rotatable bonds is 4. The van der Waals surface area contributed by atoms with E-state index in [0.717, 1.165) is 31.2 Å². The van der Waals surface area contributed by atoms with Crippen LogP contribution in [-0.4, -0.2) is 41.6 Å². The highest BCUT2D eigenvalue weighted by Gasteiger charge is 2.30. The molecule has 0 spiro atoms. The molecule has 1 heterocycles. The first-order valence-electron chi connectivity index (χ1n) is 11.0. The Morgan fingerprint density at radius 2 is 1.48 bits per heavy atom. The van der Waals surface area contributed by atoms with Crippen LogP contribution >= 0.6 is 0 Å². The average Bonchev–Trinajstić information content (AvgIpc) is 2.73. The fraction of sp³-hybridized carbons (Fsp3) is 0.625. The lowest BCUT2D eigenvalue weighted by Crippen LogP contribution is -2.49. The summed E-state index contributed by atoms with van der Waals surface area (Å²) in [4.78, 5) is 39.5. The summed E-state index contributed by atoms with van der Waals surface area (Å²) in [5, 5.41) is 2.87. The van der Waals surface area contributed by atoms with Crippen LogP contribution < -0.4 is 5.32 Å². The quantitative estimate of drug-likeness (QED) is 0.619. The second kappa shape index (κ2) is 9.10. The molecule has 1 saturated carbocycles. The molecule has 1 aromatic carbocycles. The van der Waals surface area contributed by atoms with Gasteiger partial charge in [-0.25, -0.2) is 0 Å². The van der Waals surface area contributed by atoms with Crippen LogP contribution in [0.4, 0.5) is 0 Å². The van der Waals surface area contributed by atoms with Crippen molar-refractivity contribution in [1.82, 2.24) is 10.2 Å². The van der Waals surface area contributed by atoms with E-state index >= 15 is 0 Å². The highest BCUT2D eigenvalue weighted by Crippen LogP contribution is 2.27. The number of amides is 2. The van der Waals surface area contributed by atoms with Crippen molar-refractivity contribution in [3.8, 4) is 0 Å². The van der Waals surface area contributed by atoms with Crippen LogP contribution in [0.15, 0.2) is 24.3 Å². The second-order valence-corrected chi connectivity index (χ2v) is 9.56. The van der Waals surface area contributed by atoms with Crippen molar-refractivity contribution in [1.29, 1.82) is 0 Å². The molecule has 3 rings (SSSR count). The number of hydrogen-bond acceptors (Lipinski definition) is 3. The van der Waals surface area contributed by atoms with Gasteiger partial charge in [-0.15, -0.1) is 0 Å². The van der Waals surface area contributed by atoms with Gasteiger partial charge in [0.05, 0.1) is 0 Å². The fourth-order valence-corrected chi connectivity index (χ4v) is 4.36. The summed E-state index contributed by atoms with van der Waals surface area (Å²) >= 11 is 0. The molecule has 0 bridgehead atoms. The molecular weight excluding hydrogens is 364 g/mol. The molecular formula is C24H34N2O3. The summed E-state index contributed by atoms with van der Waals surface area (Å²) in [6, 6.07) is 7.24. The molecule has 1 aliphatic heterocycles. The number of likely N-dealkylation sites (tertiary alicyclic amines) is 1. The van der Waals surface area contributed by atoms with Crippen molar-refractivity contribution >= 4 is 17.6 Å². The van der Waals surface area contributed by atoms with E-state index in [1.165, 1.54) is 6.42 Å². The van der Waals surface area contributed by atoms with E-state index in [1.54, 1.807) is 12.1 Å². The normalized spacial score (nSPS) is 19.1. The minimum absolute atomic E-state index is 0.00681. The van der Waals surface area contributed by atoms with Crippen LogP contribution in [0.1, 0.15) is 81.6 Å². The lowest BCUT2D eigenvalue weighted by Gasteiger charge is -2.35. The van der Waals surface area contributed by atoms with E-state index in [9.17, 15) is 14.4 Å². The van der Waals surface area contributed by atoms with Crippen molar-refractivity contribution in [3.05, 3.63) is 35.4 Å². The smallest absolute Gasteiger partial charge is 0.292 e. The molecule has 1 saturated heterocycles. The van der Waals surface area contributed by atoms with Crippen LogP contribution in [0.25, 0.3) is 0 Å². The van der Waals surface area contributed by atoms with Crippen LogP contribution in [0, 0.1) is 5.92 Å². The number of benzene rings is 1. The average molecular weight is 399 g/mol. The Morgan fingerprint density at radius 3 is 2.03 bits per heavy atom. The van der Waals surface area contributed by atoms with Crippen molar-refractivity contribution in [3.63, 3.8) is 0 Å². The zero-order valence-corrected chi connectivity index (χ0v) is 18.0. The molecule has 1 N–H and O–H groups in total. The molecule has 2 fully saturated rings. The van der Waals surface area contributed by atoms with Crippen molar-refractivity contribution < 1.29 is 14.4 Å². The van der Waals surface area contributed by atoms with E-state index in [-0.39, 0.29) is 23.3 Å². The van der Waals surface area contributed by atoms with Gasteiger partial charge in [-0.3, -0.25) is 14.4 Å². The van der Waals surface area contributed by atoms with Gasteiger partial charge < -0.3 is 10.2 Å². The summed E-state index contributed by atoms with van der Waals surface area (Å²) in [5.74, 6) is -0.575. The third kappa shape index (κ3) is 5.46. The predicted octanol–water partition coefficient (Wildman–Crippen LogP) is 3.85. The lowest BCUT2D eigenvalue weighted by atomic mass is 9.86. The van der Waals surface area contributed by atoms with Crippen molar-refractivity contribution in [2.45, 2.75) is 77.2 Å². The van der Waals surface area contributed by atoms with Gasteiger partial charge in [-0.05, 0) is 36.7 Å². The molecule has 1 aromatic rings. The van der Waals surface area contributed by atoms with Crippen molar-refractivity contribution in [2.24, 2.45) is 5.92 Å². The molecule has 5 nitrogen and oxygen atoms in total. The summed E-state index contributed by atoms with van der Waals surface area (Å²) < 4.78 is 0. The summed E-state index contributed by atoms with van der Waals surface area (Å²) in [6.45, 7) is 7.66. The van der Waals surface area contributed by atoms with Gasteiger partial charge in [0.15, 0.2) is 0 Å². The van der Waals surface area contributed by atoms with Gasteiger partial charge in [0.1, 0.15) is 0 Å². The molecule has 0 atom stereocenters. The molecule has 0 unspecified atom stereocenters.